The highest BCUT2D eigenvalue weighted by molar-refractivity contribution is 9.10. The van der Waals surface area contributed by atoms with Gasteiger partial charge >= 0.3 is 11.9 Å². The smallest absolute Gasteiger partial charge is 0.336 e. The quantitative estimate of drug-likeness (QED) is 0.199. The molecule has 0 saturated carbocycles. The molecule has 2 N–H and O–H groups in total. The summed E-state index contributed by atoms with van der Waals surface area (Å²) in [6.07, 6.45) is 0. The van der Waals surface area contributed by atoms with Crippen LogP contribution in [0.3, 0.4) is 0 Å². The molecule has 0 atom stereocenters. The molecule has 0 spiro atoms. The van der Waals surface area contributed by atoms with E-state index in [-0.39, 0.29) is 11.1 Å². The number of fused-ring (bicyclic) bond motifs is 6. The predicted octanol–water partition coefficient (Wildman–Crippen LogP) is 8.89. The molecule has 6 heteroatoms. The van der Waals surface area contributed by atoms with E-state index in [1.807, 2.05) is 60.7 Å². The van der Waals surface area contributed by atoms with E-state index in [2.05, 4.69) is 31.9 Å². The molecule has 0 fully saturated rings. The number of halogens is 2. The van der Waals surface area contributed by atoms with Crippen LogP contribution in [0.4, 0.5) is 0 Å². The fourth-order valence-electron chi connectivity index (χ4n) is 5.13. The van der Waals surface area contributed by atoms with Crippen LogP contribution in [-0.2, 0) is 0 Å². The van der Waals surface area contributed by atoms with Crippen LogP contribution in [0, 0.1) is 0 Å². The van der Waals surface area contributed by atoms with Crippen LogP contribution < -0.4 is 0 Å². The molecule has 174 valence electrons. The lowest BCUT2D eigenvalue weighted by Crippen LogP contribution is -2.06. The standard InChI is InChI=1S/C30H16Br2O4/c31-17-3-7-19-15(13-17)1-5-23-21(19)9-11-25(29(33)34)27(23)28-24-6-2-16-14-18(32)4-8-20(16)22(24)10-12-26(28)30(35)36/h1-14H,(H,33,34)(H,35,36). The Bertz CT molecular complexity index is 1780. The molecule has 0 aromatic heterocycles. The summed E-state index contributed by atoms with van der Waals surface area (Å²) in [5.74, 6) is -2.22. The largest absolute Gasteiger partial charge is 0.478 e. The van der Waals surface area contributed by atoms with E-state index < -0.39 is 11.9 Å². The summed E-state index contributed by atoms with van der Waals surface area (Å²) in [4.78, 5) is 24.9. The van der Waals surface area contributed by atoms with Gasteiger partial charge in [-0.05, 0) is 79.5 Å². The van der Waals surface area contributed by atoms with Crippen molar-refractivity contribution in [1.29, 1.82) is 0 Å². The van der Waals surface area contributed by atoms with Crippen molar-refractivity contribution in [2.45, 2.75) is 0 Å². The van der Waals surface area contributed by atoms with Gasteiger partial charge in [-0.1, -0.05) is 80.4 Å². The van der Waals surface area contributed by atoms with Crippen LogP contribution >= 0.6 is 31.9 Å². The Kier molecular flexibility index (Phi) is 5.32. The number of hydrogen-bond donors (Lipinski definition) is 2. The number of carboxylic acids is 2. The molecule has 36 heavy (non-hydrogen) atoms. The maximum Gasteiger partial charge on any atom is 0.336 e. The minimum atomic E-state index is -1.11. The Morgan fingerprint density at radius 3 is 1.22 bits per heavy atom. The van der Waals surface area contributed by atoms with Gasteiger partial charge in [-0.25, -0.2) is 9.59 Å². The molecule has 0 amide bonds. The third kappa shape index (κ3) is 3.48. The van der Waals surface area contributed by atoms with E-state index in [1.165, 1.54) is 0 Å². The zero-order chi connectivity index (χ0) is 25.1. The first-order chi connectivity index (χ1) is 17.3. The summed E-state index contributed by atoms with van der Waals surface area (Å²) in [6, 6.07) is 26.3. The fraction of sp³-hybridized carbons (Fsp3) is 0. The molecule has 0 saturated heterocycles. The summed E-state index contributed by atoms with van der Waals surface area (Å²) in [6.45, 7) is 0. The number of hydrogen-bond acceptors (Lipinski definition) is 2. The molecule has 0 aliphatic heterocycles. The van der Waals surface area contributed by atoms with Gasteiger partial charge < -0.3 is 10.2 Å². The van der Waals surface area contributed by atoms with Crippen molar-refractivity contribution in [1.82, 2.24) is 0 Å². The first-order valence-corrected chi connectivity index (χ1v) is 12.7. The zero-order valence-corrected chi connectivity index (χ0v) is 21.7. The van der Waals surface area contributed by atoms with Crippen LogP contribution in [-0.4, -0.2) is 22.2 Å². The maximum atomic E-state index is 12.5. The Morgan fingerprint density at radius 2 is 0.833 bits per heavy atom. The first-order valence-electron chi connectivity index (χ1n) is 11.1. The Balaban J connectivity index is 1.83. The van der Waals surface area contributed by atoms with Crippen LogP contribution in [0.25, 0.3) is 54.2 Å². The van der Waals surface area contributed by atoms with E-state index >= 15 is 0 Å². The lowest BCUT2D eigenvalue weighted by molar-refractivity contribution is 0.0684. The van der Waals surface area contributed by atoms with Crippen molar-refractivity contribution < 1.29 is 19.8 Å². The van der Waals surface area contributed by atoms with Crippen molar-refractivity contribution in [3.05, 3.63) is 105 Å². The van der Waals surface area contributed by atoms with Gasteiger partial charge in [-0.3, -0.25) is 0 Å². The van der Waals surface area contributed by atoms with E-state index in [0.29, 0.717) is 21.9 Å². The second-order valence-electron chi connectivity index (χ2n) is 8.64. The van der Waals surface area contributed by atoms with E-state index in [9.17, 15) is 19.8 Å². The lowest BCUT2D eigenvalue weighted by atomic mass is 9.85. The second kappa shape index (κ2) is 8.43. The number of benzene rings is 6. The Labute approximate surface area is 222 Å². The molecule has 6 aromatic carbocycles. The van der Waals surface area contributed by atoms with Crippen molar-refractivity contribution in [3.63, 3.8) is 0 Å². The minimum Gasteiger partial charge on any atom is -0.478 e. The second-order valence-corrected chi connectivity index (χ2v) is 10.5. The summed E-state index contributed by atoms with van der Waals surface area (Å²) < 4.78 is 1.88. The SMILES string of the molecule is O=C(O)c1ccc2c(ccc3cc(Br)ccc32)c1-c1c(C(=O)O)ccc2c1ccc1cc(Br)ccc12. The van der Waals surface area contributed by atoms with E-state index in [4.69, 9.17) is 0 Å². The summed E-state index contributed by atoms with van der Waals surface area (Å²) >= 11 is 7.02. The minimum absolute atomic E-state index is 0.0601. The third-order valence-electron chi connectivity index (χ3n) is 6.67. The molecular weight excluding hydrogens is 584 g/mol. The third-order valence-corrected chi connectivity index (χ3v) is 7.66. The molecule has 0 unspecified atom stereocenters. The number of carbonyl (C=O) groups is 2. The molecule has 0 aliphatic carbocycles. The molecule has 0 heterocycles. The molecular formula is C30H16Br2O4. The maximum absolute atomic E-state index is 12.5. The zero-order valence-electron chi connectivity index (χ0n) is 18.5. The molecule has 6 aromatic rings. The monoisotopic (exact) mass is 598 g/mol. The van der Waals surface area contributed by atoms with Crippen molar-refractivity contribution in [3.8, 4) is 11.1 Å². The first kappa shape index (κ1) is 22.7. The van der Waals surface area contributed by atoms with Gasteiger partial charge in [-0.2, -0.15) is 0 Å². The van der Waals surface area contributed by atoms with E-state index in [1.54, 1.807) is 24.3 Å². The average molecular weight is 600 g/mol. The normalized spacial score (nSPS) is 11.5. The molecule has 6 rings (SSSR count). The summed E-state index contributed by atoms with van der Waals surface area (Å²) in [5.41, 5.74) is 0.934. The van der Waals surface area contributed by atoms with Gasteiger partial charge in [0.2, 0.25) is 0 Å². The van der Waals surface area contributed by atoms with Gasteiger partial charge in [0.05, 0.1) is 11.1 Å². The summed E-state index contributed by atoms with van der Waals surface area (Å²) in [7, 11) is 0. The number of aromatic carboxylic acids is 2. The van der Waals surface area contributed by atoms with Gasteiger partial charge in [0.1, 0.15) is 0 Å². The van der Waals surface area contributed by atoms with Crippen molar-refractivity contribution in [2.24, 2.45) is 0 Å². The molecule has 4 nitrogen and oxygen atoms in total. The van der Waals surface area contributed by atoms with Crippen molar-refractivity contribution >= 4 is 86.9 Å². The highest BCUT2D eigenvalue weighted by Crippen LogP contribution is 2.43. The summed E-state index contributed by atoms with van der Waals surface area (Å²) in [5, 5.41) is 27.4. The van der Waals surface area contributed by atoms with Gasteiger partial charge in [0.15, 0.2) is 0 Å². The fourth-order valence-corrected chi connectivity index (χ4v) is 5.89. The Hall–Kier alpha value is -3.74. The van der Waals surface area contributed by atoms with Gasteiger partial charge in [0.25, 0.3) is 0 Å². The topological polar surface area (TPSA) is 74.6 Å². The number of carboxylic acid groups (broad SMARTS) is 2. The van der Waals surface area contributed by atoms with Crippen molar-refractivity contribution in [2.75, 3.05) is 0 Å². The average Bonchev–Trinajstić information content (AvgIpc) is 2.86. The van der Waals surface area contributed by atoms with Crippen LogP contribution in [0.1, 0.15) is 20.7 Å². The highest BCUT2D eigenvalue weighted by Gasteiger charge is 2.24. The van der Waals surface area contributed by atoms with Crippen LogP contribution in [0.15, 0.2) is 93.9 Å². The lowest BCUT2D eigenvalue weighted by Gasteiger charge is -2.18. The predicted molar refractivity (Wildman–Crippen MR) is 151 cm³/mol. The Morgan fingerprint density at radius 1 is 0.472 bits per heavy atom. The van der Waals surface area contributed by atoms with Crippen LogP contribution in [0.5, 0.6) is 0 Å². The molecule has 0 aliphatic rings. The highest BCUT2D eigenvalue weighted by atomic mass is 79.9. The van der Waals surface area contributed by atoms with Crippen LogP contribution in [0.2, 0.25) is 0 Å². The van der Waals surface area contributed by atoms with E-state index in [0.717, 1.165) is 41.3 Å². The van der Waals surface area contributed by atoms with Gasteiger partial charge in [0, 0.05) is 20.1 Å². The molecule has 0 bridgehead atoms. The number of rotatable bonds is 3. The molecule has 0 radical (unpaired) electrons. The van der Waals surface area contributed by atoms with Gasteiger partial charge in [-0.15, -0.1) is 0 Å².